The molecule has 1 aromatic heterocycles. The van der Waals surface area contributed by atoms with Gasteiger partial charge in [-0.05, 0) is 25.5 Å². The number of esters is 1. The largest absolute Gasteiger partial charge is 0.462 e. The van der Waals surface area contributed by atoms with Gasteiger partial charge < -0.3 is 9.72 Å². The predicted octanol–water partition coefficient (Wildman–Crippen LogP) is 2.19. The van der Waals surface area contributed by atoms with Gasteiger partial charge in [-0.25, -0.2) is 13.6 Å². The van der Waals surface area contributed by atoms with Crippen molar-refractivity contribution in [1.82, 2.24) is 4.98 Å². The second-order valence-corrected chi connectivity index (χ2v) is 5.05. The maximum absolute atomic E-state index is 12.6. The van der Waals surface area contributed by atoms with E-state index < -0.39 is 17.5 Å². The Kier molecular flexibility index (Phi) is 3.43. The van der Waals surface area contributed by atoms with Crippen molar-refractivity contribution in [2.24, 2.45) is 5.92 Å². The number of hydrogen-bond acceptors (Lipinski definition) is 3. The molecule has 0 unspecified atom stereocenters. The number of aromatic nitrogens is 1. The third-order valence-electron chi connectivity index (χ3n) is 3.34. The molecule has 1 N–H and O–H groups in total. The van der Waals surface area contributed by atoms with Gasteiger partial charge in [0, 0.05) is 24.5 Å². The van der Waals surface area contributed by atoms with Crippen molar-refractivity contribution in [3.63, 3.8) is 0 Å². The summed E-state index contributed by atoms with van der Waals surface area (Å²) in [5.41, 5.74) is 0.836. The van der Waals surface area contributed by atoms with Crippen LogP contribution in [0.4, 0.5) is 8.78 Å². The SMILES string of the molecule is Cc1cc(C(=O)OCC2CC(F)(F)C2)c(=O)[nH]c1C. The first kappa shape index (κ1) is 13.7. The Morgan fingerprint density at radius 1 is 1.47 bits per heavy atom. The Labute approximate surface area is 108 Å². The molecule has 4 nitrogen and oxygen atoms in total. The number of carbonyl (C=O) groups is 1. The molecule has 0 atom stereocenters. The van der Waals surface area contributed by atoms with Crippen LogP contribution in [-0.2, 0) is 4.74 Å². The number of alkyl halides is 2. The Morgan fingerprint density at radius 3 is 2.68 bits per heavy atom. The Morgan fingerprint density at radius 2 is 2.11 bits per heavy atom. The van der Waals surface area contributed by atoms with Gasteiger partial charge in [0.05, 0.1) is 6.61 Å². The average molecular weight is 271 g/mol. The molecule has 0 aromatic carbocycles. The van der Waals surface area contributed by atoms with Crippen molar-refractivity contribution >= 4 is 5.97 Å². The standard InChI is InChI=1S/C13H15F2NO3/c1-7-3-10(11(17)16-8(7)2)12(18)19-6-9-4-13(14,15)5-9/h3,9H,4-6H2,1-2H3,(H,16,17). The molecule has 1 saturated carbocycles. The van der Waals surface area contributed by atoms with Gasteiger partial charge in [0.1, 0.15) is 5.56 Å². The smallest absolute Gasteiger partial charge is 0.343 e. The summed E-state index contributed by atoms with van der Waals surface area (Å²) in [6.45, 7) is 3.41. The lowest BCUT2D eigenvalue weighted by Crippen LogP contribution is -2.38. The van der Waals surface area contributed by atoms with E-state index in [0.717, 1.165) is 5.56 Å². The maximum atomic E-state index is 12.6. The van der Waals surface area contributed by atoms with E-state index in [1.807, 2.05) is 0 Å². The van der Waals surface area contributed by atoms with E-state index in [1.54, 1.807) is 13.8 Å². The molecular weight excluding hydrogens is 256 g/mol. The first-order chi connectivity index (χ1) is 8.78. The minimum absolute atomic E-state index is 0.0687. The van der Waals surface area contributed by atoms with Gasteiger partial charge >= 0.3 is 5.97 Å². The van der Waals surface area contributed by atoms with Crippen LogP contribution in [0.25, 0.3) is 0 Å². The Balaban J connectivity index is 1.97. The predicted molar refractivity (Wildman–Crippen MR) is 64.5 cm³/mol. The van der Waals surface area contributed by atoms with Crippen molar-refractivity contribution in [2.75, 3.05) is 6.61 Å². The summed E-state index contributed by atoms with van der Waals surface area (Å²) in [6.07, 6.45) is -0.521. The van der Waals surface area contributed by atoms with E-state index in [0.29, 0.717) is 5.69 Å². The number of aromatic amines is 1. The molecule has 0 saturated heterocycles. The first-order valence-electron chi connectivity index (χ1n) is 6.04. The zero-order valence-corrected chi connectivity index (χ0v) is 10.8. The van der Waals surface area contributed by atoms with E-state index in [-0.39, 0.29) is 30.9 Å². The van der Waals surface area contributed by atoms with Crippen LogP contribution in [0.3, 0.4) is 0 Å². The highest BCUT2D eigenvalue weighted by Gasteiger charge is 2.45. The molecule has 104 valence electrons. The van der Waals surface area contributed by atoms with Gasteiger partial charge in [-0.1, -0.05) is 0 Å². The number of pyridine rings is 1. The van der Waals surface area contributed by atoms with Crippen LogP contribution in [-0.4, -0.2) is 23.5 Å². The number of aryl methyl sites for hydroxylation is 2. The first-order valence-corrected chi connectivity index (χ1v) is 6.04. The molecule has 0 spiro atoms. The lowest BCUT2D eigenvalue weighted by atomic mass is 9.82. The van der Waals surface area contributed by atoms with E-state index in [1.165, 1.54) is 6.07 Å². The number of carbonyl (C=O) groups excluding carboxylic acids is 1. The molecular formula is C13H15F2NO3. The molecule has 1 aliphatic rings. The minimum Gasteiger partial charge on any atom is -0.462 e. The summed E-state index contributed by atoms with van der Waals surface area (Å²) in [4.78, 5) is 25.8. The second-order valence-electron chi connectivity index (χ2n) is 5.05. The fraction of sp³-hybridized carbons (Fsp3) is 0.538. The lowest BCUT2D eigenvalue weighted by molar-refractivity contribution is -0.122. The quantitative estimate of drug-likeness (QED) is 0.857. The molecule has 0 aliphatic heterocycles. The highest BCUT2D eigenvalue weighted by Crippen LogP contribution is 2.42. The van der Waals surface area contributed by atoms with Crippen LogP contribution >= 0.6 is 0 Å². The molecule has 1 fully saturated rings. The summed E-state index contributed by atoms with van der Waals surface area (Å²) >= 11 is 0. The zero-order chi connectivity index (χ0) is 14.2. The Bertz CT molecular complexity index is 557. The van der Waals surface area contributed by atoms with Gasteiger partial charge in [-0.2, -0.15) is 0 Å². The number of H-pyrrole nitrogens is 1. The summed E-state index contributed by atoms with van der Waals surface area (Å²) in [5, 5.41) is 0. The maximum Gasteiger partial charge on any atom is 0.343 e. The lowest BCUT2D eigenvalue weighted by Gasteiger charge is -2.34. The summed E-state index contributed by atoms with van der Waals surface area (Å²) in [6, 6.07) is 1.45. The van der Waals surface area contributed by atoms with Gasteiger partial charge in [0.25, 0.3) is 5.56 Å². The number of nitrogens with one attached hydrogen (secondary N) is 1. The van der Waals surface area contributed by atoms with Crippen molar-refractivity contribution in [3.05, 3.63) is 33.2 Å². The molecule has 1 aromatic rings. The fourth-order valence-corrected chi connectivity index (χ4v) is 2.05. The summed E-state index contributed by atoms with van der Waals surface area (Å²) < 4.78 is 30.1. The molecule has 1 aliphatic carbocycles. The highest BCUT2D eigenvalue weighted by atomic mass is 19.3. The van der Waals surface area contributed by atoms with Crippen molar-refractivity contribution in [3.8, 4) is 0 Å². The molecule has 6 heteroatoms. The normalized spacial score (nSPS) is 17.9. The molecule has 0 bridgehead atoms. The van der Waals surface area contributed by atoms with Gasteiger partial charge in [-0.15, -0.1) is 0 Å². The van der Waals surface area contributed by atoms with Gasteiger partial charge in [0.15, 0.2) is 0 Å². The minimum atomic E-state index is -2.63. The van der Waals surface area contributed by atoms with Gasteiger partial charge in [0.2, 0.25) is 5.92 Å². The Hall–Kier alpha value is -1.72. The van der Waals surface area contributed by atoms with Crippen LogP contribution < -0.4 is 5.56 Å². The van der Waals surface area contributed by atoms with E-state index in [4.69, 9.17) is 4.74 Å². The van der Waals surface area contributed by atoms with Gasteiger partial charge in [-0.3, -0.25) is 4.79 Å². The van der Waals surface area contributed by atoms with Crippen LogP contribution in [0.2, 0.25) is 0 Å². The monoisotopic (exact) mass is 271 g/mol. The van der Waals surface area contributed by atoms with Crippen LogP contribution in [0, 0.1) is 19.8 Å². The van der Waals surface area contributed by atoms with Crippen LogP contribution in [0.15, 0.2) is 10.9 Å². The number of rotatable bonds is 3. The van der Waals surface area contributed by atoms with Crippen LogP contribution in [0.1, 0.15) is 34.5 Å². The van der Waals surface area contributed by atoms with Crippen molar-refractivity contribution < 1.29 is 18.3 Å². The third kappa shape index (κ3) is 3.00. The number of halogens is 2. The molecule has 0 radical (unpaired) electrons. The fourth-order valence-electron chi connectivity index (χ4n) is 2.05. The van der Waals surface area contributed by atoms with E-state index in [9.17, 15) is 18.4 Å². The second kappa shape index (κ2) is 4.75. The van der Waals surface area contributed by atoms with E-state index in [2.05, 4.69) is 4.98 Å². The molecule has 2 rings (SSSR count). The average Bonchev–Trinajstić information content (AvgIpc) is 2.28. The molecule has 1 heterocycles. The molecule has 0 amide bonds. The molecule has 19 heavy (non-hydrogen) atoms. The highest BCUT2D eigenvalue weighted by molar-refractivity contribution is 5.89. The third-order valence-corrected chi connectivity index (χ3v) is 3.34. The number of ether oxygens (including phenoxy) is 1. The van der Waals surface area contributed by atoms with Crippen LogP contribution in [0.5, 0.6) is 0 Å². The zero-order valence-electron chi connectivity index (χ0n) is 10.8. The topological polar surface area (TPSA) is 59.2 Å². The van der Waals surface area contributed by atoms with Crippen molar-refractivity contribution in [1.29, 1.82) is 0 Å². The summed E-state index contributed by atoms with van der Waals surface area (Å²) in [5.74, 6) is -3.71. The number of hydrogen-bond donors (Lipinski definition) is 1. The summed E-state index contributed by atoms with van der Waals surface area (Å²) in [7, 11) is 0. The van der Waals surface area contributed by atoms with E-state index >= 15 is 0 Å². The van der Waals surface area contributed by atoms with Crippen molar-refractivity contribution in [2.45, 2.75) is 32.6 Å².